The third-order valence-corrected chi connectivity index (χ3v) is 4.27. The molecule has 0 aliphatic rings. The van der Waals surface area contributed by atoms with E-state index in [1.807, 2.05) is 30.3 Å². The summed E-state index contributed by atoms with van der Waals surface area (Å²) in [7, 11) is 0. The van der Waals surface area contributed by atoms with Crippen molar-refractivity contribution in [1.29, 1.82) is 0 Å². The Morgan fingerprint density at radius 2 is 1.89 bits per heavy atom. The molecule has 0 spiro atoms. The first-order chi connectivity index (χ1) is 13.4. The van der Waals surface area contributed by atoms with Gasteiger partial charge in [-0.1, -0.05) is 29.8 Å². The van der Waals surface area contributed by atoms with Gasteiger partial charge in [0.1, 0.15) is 11.4 Å². The van der Waals surface area contributed by atoms with Gasteiger partial charge in [-0.25, -0.2) is 13.9 Å². The monoisotopic (exact) mass is 401 g/mol. The molecule has 0 bridgehead atoms. The lowest BCUT2D eigenvalue weighted by Gasteiger charge is -2.08. The Bertz CT molecular complexity index is 1030. The van der Waals surface area contributed by atoms with E-state index in [9.17, 15) is 14.0 Å². The van der Waals surface area contributed by atoms with Gasteiger partial charge in [-0.2, -0.15) is 5.10 Å². The number of amides is 1. The van der Waals surface area contributed by atoms with Crippen molar-refractivity contribution < 1.29 is 18.7 Å². The van der Waals surface area contributed by atoms with Gasteiger partial charge < -0.3 is 10.1 Å². The average Bonchev–Trinajstić information content (AvgIpc) is 2.97. The molecule has 1 aromatic heterocycles. The molecule has 0 unspecified atom stereocenters. The number of ether oxygens (including phenoxy) is 1. The number of rotatable bonds is 5. The van der Waals surface area contributed by atoms with E-state index >= 15 is 0 Å². The SMILES string of the molecule is Cc1nn(-c2ccccc2)c(C)c1C(=O)OCC(=O)Nc1ccc(Cl)cc1F. The number of esters is 1. The Labute approximate surface area is 165 Å². The number of anilines is 1. The molecule has 1 amide bonds. The smallest absolute Gasteiger partial charge is 0.342 e. The Morgan fingerprint density at radius 3 is 2.57 bits per heavy atom. The lowest BCUT2D eigenvalue weighted by Crippen LogP contribution is -2.22. The number of hydrogen-bond donors (Lipinski definition) is 1. The zero-order chi connectivity index (χ0) is 20.3. The van der Waals surface area contributed by atoms with Crippen LogP contribution in [0.25, 0.3) is 5.69 Å². The number of nitrogens with one attached hydrogen (secondary N) is 1. The predicted octanol–water partition coefficient (Wildman–Crippen LogP) is 4.08. The minimum atomic E-state index is -0.678. The summed E-state index contributed by atoms with van der Waals surface area (Å²) < 4.78 is 20.4. The molecule has 1 heterocycles. The standard InChI is InChI=1S/C20H17ClFN3O3/c1-12-19(13(2)25(24-12)15-6-4-3-5-7-15)20(27)28-11-18(26)23-17-9-8-14(21)10-16(17)22/h3-10H,11H2,1-2H3,(H,23,26). The van der Waals surface area contributed by atoms with Gasteiger partial charge in [0.05, 0.1) is 22.8 Å². The maximum atomic E-state index is 13.7. The van der Waals surface area contributed by atoms with Gasteiger partial charge in [0.2, 0.25) is 0 Å². The van der Waals surface area contributed by atoms with E-state index in [4.69, 9.17) is 16.3 Å². The van der Waals surface area contributed by atoms with E-state index in [1.165, 1.54) is 12.1 Å². The summed E-state index contributed by atoms with van der Waals surface area (Å²) in [6.07, 6.45) is 0. The number of benzene rings is 2. The fraction of sp³-hybridized carbons (Fsp3) is 0.150. The number of carbonyl (C=O) groups is 2. The molecular weight excluding hydrogens is 385 g/mol. The highest BCUT2D eigenvalue weighted by Crippen LogP contribution is 2.20. The second kappa shape index (κ2) is 8.22. The Kier molecular flexibility index (Phi) is 5.75. The predicted molar refractivity (Wildman–Crippen MR) is 103 cm³/mol. The minimum Gasteiger partial charge on any atom is -0.452 e. The summed E-state index contributed by atoms with van der Waals surface area (Å²) in [5.41, 5.74) is 2.12. The van der Waals surface area contributed by atoms with Crippen molar-refractivity contribution >= 4 is 29.2 Å². The van der Waals surface area contributed by atoms with Crippen LogP contribution in [-0.2, 0) is 9.53 Å². The maximum absolute atomic E-state index is 13.7. The third kappa shape index (κ3) is 4.20. The summed E-state index contributed by atoms with van der Waals surface area (Å²) >= 11 is 5.67. The molecule has 0 aliphatic heterocycles. The Hall–Kier alpha value is -3.19. The number of aromatic nitrogens is 2. The molecular formula is C20H17ClFN3O3. The first-order valence-electron chi connectivity index (χ1n) is 8.40. The zero-order valence-corrected chi connectivity index (χ0v) is 16.0. The molecule has 2 aromatic carbocycles. The molecule has 0 saturated heterocycles. The van der Waals surface area contributed by atoms with Crippen LogP contribution in [0.5, 0.6) is 0 Å². The Balaban J connectivity index is 1.68. The molecule has 8 heteroatoms. The second-order valence-electron chi connectivity index (χ2n) is 6.04. The lowest BCUT2D eigenvalue weighted by atomic mass is 10.2. The minimum absolute atomic E-state index is 0.0466. The topological polar surface area (TPSA) is 73.2 Å². The van der Waals surface area contributed by atoms with E-state index < -0.39 is 24.3 Å². The quantitative estimate of drug-likeness (QED) is 0.654. The van der Waals surface area contributed by atoms with Crippen molar-refractivity contribution in [3.05, 3.63) is 76.3 Å². The van der Waals surface area contributed by atoms with Gasteiger partial charge >= 0.3 is 5.97 Å². The molecule has 144 valence electrons. The summed E-state index contributed by atoms with van der Waals surface area (Å²) in [5.74, 6) is -2.02. The van der Waals surface area contributed by atoms with Crippen molar-refractivity contribution in [1.82, 2.24) is 9.78 Å². The van der Waals surface area contributed by atoms with Gasteiger partial charge in [-0.3, -0.25) is 4.79 Å². The van der Waals surface area contributed by atoms with Crippen molar-refractivity contribution in [3.8, 4) is 5.69 Å². The van der Waals surface area contributed by atoms with Crippen LogP contribution in [0, 0.1) is 19.7 Å². The highest BCUT2D eigenvalue weighted by Gasteiger charge is 2.21. The number of para-hydroxylation sites is 1. The van der Waals surface area contributed by atoms with Crippen LogP contribution >= 0.6 is 11.6 Å². The summed E-state index contributed by atoms with van der Waals surface area (Å²) in [4.78, 5) is 24.4. The van der Waals surface area contributed by atoms with Crippen LogP contribution < -0.4 is 5.32 Å². The molecule has 0 aliphatic carbocycles. The van der Waals surface area contributed by atoms with E-state index in [-0.39, 0.29) is 16.3 Å². The van der Waals surface area contributed by atoms with Crippen molar-refractivity contribution in [2.24, 2.45) is 0 Å². The highest BCUT2D eigenvalue weighted by molar-refractivity contribution is 6.30. The second-order valence-corrected chi connectivity index (χ2v) is 6.48. The Morgan fingerprint density at radius 1 is 1.18 bits per heavy atom. The number of nitrogens with zero attached hydrogens (tertiary/aromatic N) is 2. The average molecular weight is 402 g/mol. The first-order valence-corrected chi connectivity index (χ1v) is 8.78. The van der Waals surface area contributed by atoms with Crippen LogP contribution in [0.1, 0.15) is 21.7 Å². The van der Waals surface area contributed by atoms with Gasteiger partial charge in [0, 0.05) is 5.02 Å². The van der Waals surface area contributed by atoms with Gasteiger partial charge in [-0.15, -0.1) is 0 Å². The molecule has 6 nitrogen and oxygen atoms in total. The van der Waals surface area contributed by atoms with Crippen LogP contribution in [0.15, 0.2) is 48.5 Å². The maximum Gasteiger partial charge on any atom is 0.342 e. The molecule has 0 atom stereocenters. The molecule has 0 radical (unpaired) electrons. The van der Waals surface area contributed by atoms with Crippen molar-refractivity contribution in [2.45, 2.75) is 13.8 Å². The van der Waals surface area contributed by atoms with Crippen LogP contribution in [0.4, 0.5) is 10.1 Å². The molecule has 0 fully saturated rings. The van der Waals surface area contributed by atoms with Crippen LogP contribution in [0.2, 0.25) is 5.02 Å². The van der Waals surface area contributed by atoms with Gasteiger partial charge in [0.15, 0.2) is 6.61 Å². The third-order valence-electron chi connectivity index (χ3n) is 4.04. The van der Waals surface area contributed by atoms with Crippen molar-refractivity contribution in [3.63, 3.8) is 0 Å². The van der Waals surface area contributed by atoms with E-state index in [2.05, 4.69) is 10.4 Å². The van der Waals surface area contributed by atoms with E-state index in [1.54, 1.807) is 18.5 Å². The van der Waals surface area contributed by atoms with Crippen molar-refractivity contribution in [2.75, 3.05) is 11.9 Å². The van der Waals surface area contributed by atoms with Crippen LogP contribution in [-0.4, -0.2) is 28.3 Å². The van der Waals surface area contributed by atoms with E-state index in [0.717, 1.165) is 11.8 Å². The first kappa shape index (κ1) is 19.6. The summed E-state index contributed by atoms with van der Waals surface area (Å²) in [6, 6.07) is 13.2. The highest BCUT2D eigenvalue weighted by atomic mass is 35.5. The largest absolute Gasteiger partial charge is 0.452 e. The normalized spacial score (nSPS) is 10.6. The number of hydrogen-bond acceptors (Lipinski definition) is 4. The number of carbonyl (C=O) groups excluding carboxylic acids is 2. The number of halogens is 2. The molecule has 3 rings (SSSR count). The van der Waals surface area contributed by atoms with Gasteiger partial charge in [0.25, 0.3) is 5.91 Å². The van der Waals surface area contributed by atoms with Crippen LogP contribution in [0.3, 0.4) is 0 Å². The fourth-order valence-electron chi connectivity index (χ4n) is 2.74. The lowest BCUT2D eigenvalue weighted by molar-refractivity contribution is -0.119. The molecule has 1 N–H and O–H groups in total. The van der Waals surface area contributed by atoms with E-state index in [0.29, 0.717) is 11.4 Å². The molecule has 28 heavy (non-hydrogen) atoms. The fourth-order valence-corrected chi connectivity index (χ4v) is 2.90. The number of aryl methyl sites for hydroxylation is 1. The molecule has 3 aromatic rings. The zero-order valence-electron chi connectivity index (χ0n) is 15.2. The summed E-state index contributed by atoms with van der Waals surface area (Å²) in [5, 5.41) is 6.91. The van der Waals surface area contributed by atoms with Gasteiger partial charge in [-0.05, 0) is 44.2 Å². The summed E-state index contributed by atoms with van der Waals surface area (Å²) in [6.45, 7) is 2.87. The molecule has 0 saturated carbocycles.